The molecule has 0 aromatic rings. The molecule has 3 aliphatic heterocycles. The van der Waals surface area contributed by atoms with Gasteiger partial charge in [-0.3, -0.25) is 9.59 Å². The Balaban J connectivity index is 1.44. The van der Waals surface area contributed by atoms with Crippen LogP contribution in [-0.2, 0) is 42.8 Å². The first-order chi connectivity index (χ1) is 47.9. The summed E-state index contributed by atoms with van der Waals surface area (Å²) in [7, 11) is 0. The number of carbonyl (C=O) groups is 3. The number of rotatable bonds is 62. The fraction of sp³-hybridized carbons (Fsp3) is 0.934. The van der Waals surface area contributed by atoms with E-state index in [4.69, 9.17) is 28.4 Å². The number of allylic oxidation sites excluding steroid dienone is 1. The van der Waals surface area contributed by atoms with Gasteiger partial charge in [0.15, 0.2) is 12.6 Å². The lowest BCUT2D eigenvalue weighted by molar-refractivity contribution is -0.386. The normalized spacial score (nSPS) is 27.1. The Morgan fingerprint density at radius 1 is 0.525 bits per heavy atom. The van der Waals surface area contributed by atoms with Gasteiger partial charge < -0.3 is 100 Å². The Kier molecular flexibility index (Phi) is 51.2. The predicted octanol–water partition coefficient (Wildman–Crippen LogP) is 9.80. The Morgan fingerprint density at radius 3 is 1.34 bits per heavy atom. The maximum Gasteiger partial charge on any atom is 0.364 e. The monoisotopic (exact) mass is 1420 g/mol. The smallest absolute Gasteiger partial charge is 0.364 e. The van der Waals surface area contributed by atoms with Gasteiger partial charge in [0.1, 0.15) is 67.1 Å². The molecule has 23 nitrogen and oxygen atoms in total. The van der Waals surface area contributed by atoms with Crippen LogP contribution >= 0.6 is 0 Å². The average Bonchev–Trinajstić information content (AvgIpc) is 0.757. The van der Waals surface area contributed by atoms with E-state index in [1.54, 1.807) is 6.08 Å². The van der Waals surface area contributed by atoms with Gasteiger partial charge in [-0.25, -0.2) is 4.79 Å². The van der Waals surface area contributed by atoms with Gasteiger partial charge in [-0.2, -0.15) is 0 Å². The lowest BCUT2D eigenvalue weighted by Gasteiger charge is -2.50. The molecule has 3 rings (SSSR count). The van der Waals surface area contributed by atoms with Crippen molar-refractivity contribution in [3.8, 4) is 0 Å². The molecule has 0 aliphatic carbocycles. The van der Waals surface area contributed by atoms with Crippen LogP contribution < -0.4 is 10.6 Å². The Morgan fingerprint density at radius 2 is 0.939 bits per heavy atom. The third kappa shape index (κ3) is 36.8. The van der Waals surface area contributed by atoms with Crippen molar-refractivity contribution in [2.45, 2.75) is 426 Å². The molecule has 0 radical (unpaired) electrons. The number of hydrogen-bond acceptors (Lipinski definition) is 20. The van der Waals surface area contributed by atoms with Crippen molar-refractivity contribution in [2.24, 2.45) is 0 Å². The summed E-state index contributed by atoms with van der Waals surface area (Å²) in [6.07, 6.45) is 30.1. The summed E-state index contributed by atoms with van der Waals surface area (Å²) in [4.78, 5) is 38.6. The Labute approximate surface area is 594 Å². The van der Waals surface area contributed by atoms with E-state index in [-0.39, 0.29) is 12.3 Å². The Bertz CT molecular complexity index is 2030. The molecule has 0 aromatic carbocycles. The van der Waals surface area contributed by atoms with E-state index in [2.05, 4.69) is 24.5 Å². The number of aliphatic hydroxyl groups excluding tert-OH is 11. The summed E-state index contributed by atoms with van der Waals surface area (Å²) in [5.74, 6) is -6.13. The molecule has 18 atom stereocenters. The molecule has 0 saturated carbocycles. The van der Waals surface area contributed by atoms with E-state index in [0.717, 1.165) is 51.9 Å². The van der Waals surface area contributed by atoms with Crippen LogP contribution in [0, 0.1) is 0 Å². The van der Waals surface area contributed by atoms with Gasteiger partial charge in [0.25, 0.3) is 5.79 Å². The second-order valence-electron chi connectivity index (χ2n) is 28.9. The number of ether oxygens (including phenoxy) is 6. The molecule has 3 fully saturated rings. The summed E-state index contributed by atoms with van der Waals surface area (Å²) in [6, 6.07) is -2.61. The second-order valence-corrected chi connectivity index (χ2v) is 28.9. The van der Waals surface area contributed by atoms with Gasteiger partial charge in [0, 0.05) is 19.8 Å². The summed E-state index contributed by atoms with van der Waals surface area (Å²) < 4.78 is 34.8. The minimum atomic E-state index is -3.08. The zero-order chi connectivity index (χ0) is 72.5. The molecular formula is C76H142N2O21. The number of aliphatic hydroxyl groups is 11. The van der Waals surface area contributed by atoms with Gasteiger partial charge in [0.2, 0.25) is 11.8 Å². The van der Waals surface area contributed by atoms with Gasteiger partial charge >= 0.3 is 5.97 Å². The molecule has 0 bridgehead atoms. The molecule has 14 N–H and O–H groups in total. The lowest BCUT2D eigenvalue weighted by Crippen LogP contribution is -2.70. The number of hydrogen-bond donors (Lipinski definition) is 14. The van der Waals surface area contributed by atoms with Crippen molar-refractivity contribution >= 4 is 17.8 Å². The number of aliphatic carboxylic acids is 1. The third-order valence-electron chi connectivity index (χ3n) is 20.2. The van der Waals surface area contributed by atoms with Gasteiger partial charge in [-0.05, 0) is 19.3 Å². The molecule has 3 saturated heterocycles. The summed E-state index contributed by atoms with van der Waals surface area (Å²) in [5, 5.41) is 136. The molecule has 23 heteroatoms. The van der Waals surface area contributed by atoms with Crippen molar-refractivity contribution in [3.63, 3.8) is 0 Å². The summed E-state index contributed by atoms with van der Waals surface area (Å²) in [5.41, 5.74) is 0. The Hall–Kier alpha value is -2.53. The van der Waals surface area contributed by atoms with Crippen molar-refractivity contribution < 1.29 is 104 Å². The number of carboxylic acids is 1. The molecule has 2 amide bonds. The fourth-order valence-electron chi connectivity index (χ4n) is 13.9. The minimum Gasteiger partial charge on any atom is -0.477 e. The standard InChI is InChI=1S/C76H142N2O21/c1-4-6-8-10-12-14-16-18-19-20-21-22-23-24-25-26-27-28-29-30-31-32-33-34-35-36-37-38-40-42-44-46-48-50-63(86)78-57(58(83)49-47-45-43-41-39-17-15-13-11-9-7-5-2)55-94-73-68(90)67(89)70(62(54-81)96-73)97-74-69(91)72(66(88)61(53-80)95-74)99-76(75(92)93)51-59(84)64(77-56(3)82)71(98-76)65(87)60(85)52-79/h47,49,57-62,64-74,79-81,83-85,87-91H,4-46,48,50-55H2,1-3H3,(H,77,82)(H,78,86)(H,92,93)/b49-47+. The van der Waals surface area contributed by atoms with Gasteiger partial charge in [-0.1, -0.05) is 289 Å². The first-order valence-corrected chi connectivity index (χ1v) is 39.6. The van der Waals surface area contributed by atoms with Crippen LogP contribution in [0.4, 0.5) is 0 Å². The van der Waals surface area contributed by atoms with Crippen LogP contribution in [0.25, 0.3) is 0 Å². The van der Waals surface area contributed by atoms with Crippen LogP contribution in [0.1, 0.15) is 316 Å². The predicted molar refractivity (Wildman–Crippen MR) is 380 cm³/mol. The minimum absolute atomic E-state index is 0.205. The number of unbranched alkanes of at least 4 members (excludes halogenated alkanes) is 42. The van der Waals surface area contributed by atoms with E-state index in [0.29, 0.717) is 12.8 Å². The van der Waals surface area contributed by atoms with E-state index in [1.165, 1.54) is 225 Å². The first kappa shape index (κ1) is 90.7. The SMILES string of the molecule is CCCCCCCCCCCC/C=C/C(O)C(COC1OC(CO)C(OC2OC(CO)C(O)C(OC3(C(=O)O)CC(O)C(NC(C)=O)C(C(O)C(O)CO)O3)C2O)C(O)C1O)NC(=O)CCCCCCCCCCCCCCCCCCCCCCCCCCCCCCCCCCC. The quantitative estimate of drug-likeness (QED) is 0.0199. The highest BCUT2D eigenvalue weighted by Crippen LogP contribution is 2.39. The first-order valence-electron chi connectivity index (χ1n) is 39.6. The zero-order valence-electron chi connectivity index (χ0n) is 61.4. The zero-order valence-corrected chi connectivity index (χ0v) is 61.4. The average molecular weight is 1420 g/mol. The third-order valence-corrected chi connectivity index (χ3v) is 20.2. The summed E-state index contributed by atoms with van der Waals surface area (Å²) >= 11 is 0. The highest BCUT2D eigenvalue weighted by molar-refractivity contribution is 5.77. The maximum atomic E-state index is 13.5. The topological polar surface area (TPSA) is 373 Å². The summed E-state index contributed by atoms with van der Waals surface area (Å²) in [6.45, 7) is 2.16. The van der Waals surface area contributed by atoms with E-state index < -0.39 is 155 Å². The molecule has 18 unspecified atom stereocenters. The van der Waals surface area contributed by atoms with E-state index in [9.17, 15) is 75.7 Å². The largest absolute Gasteiger partial charge is 0.477 e. The molecular weight excluding hydrogens is 1280 g/mol. The molecule has 3 aliphatic rings. The number of carboxylic acid groups (broad SMARTS) is 1. The number of carbonyl (C=O) groups excluding carboxylic acids is 2. The highest BCUT2D eigenvalue weighted by Gasteiger charge is 2.60. The number of amides is 2. The molecule has 582 valence electrons. The van der Waals surface area contributed by atoms with Crippen LogP contribution in [-0.4, -0.2) is 215 Å². The molecule has 0 aromatic heterocycles. The molecule has 99 heavy (non-hydrogen) atoms. The highest BCUT2D eigenvalue weighted by atomic mass is 16.8. The van der Waals surface area contributed by atoms with Crippen molar-refractivity contribution in [3.05, 3.63) is 12.2 Å². The van der Waals surface area contributed by atoms with Crippen LogP contribution in [0.5, 0.6) is 0 Å². The van der Waals surface area contributed by atoms with Crippen LogP contribution in [0.3, 0.4) is 0 Å². The maximum absolute atomic E-state index is 13.5. The van der Waals surface area contributed by atoms with E-state index >= 15 is 0 Å². The van der Waals surface area contributed by atoms with Gasteiger partial charge in [0.05, 0.1) is 50.7 Å². The molecule has 0 spiro atoms. The van der Waals surface area contributed by atoms with Crippen molar-refractivity contribution in [2.75, 3.05) is 26.4 Å². The fourth-order valence-corrected chi connectivity index (χ4v) is 13.9. The van der Waals surface area contributed by atoms with Crippen molar-refractivity contribution in [1.82, 2.24) is 10.6 Å². The van der Waals surface area contributed by atoms with E-state index in [1.807, 2.05) is 6.08 Å². The second kappa shape index (κ2) is 55.9. The van der Waals surface area contributed by atoms with Crippen molar-refractivity contribution in [1.29, 1.82) is 0 Å². The lowest BCUT2D eigenvalue weighted by atomic mass is 9.88. The number of nitrogens with one attached hydrogen (secondary N) is 2. The van der Waals surface area contributed by atoms with Gasteiger partial charge in [-0.15, -0.1) is 0 Å². The molecule has 3 heterocycles. The van der Waals surface area contributed by atoms with Crippen LogP contribution in [0.2, 0.25) is 0 Å². The van der Waals surface area contributed by atoms with Crippen LogP contribution in [0.15, 0.2) is 12.2 Å².